The van der Waals surface area contributed by atoms with E-state index in [1.165, 1.54) is 0 Å². The van der Waals surface area contributed by atoms with Gasteiger partial charge in [-0.3, -0.25) is 4.79 Å². The molecular formula is C18H17N3O2. The molecule has 1 amide bonds. The van der Waals surface area contributed by atoms with Gasteiger partial charge < -0.3 is 9.42 Å². The van der Waals surface area contributed by atoms with Crippen LogP contribution in [0.2, 0.25) is 0 Å². The van der Waals surface area contributed by atoms with E-state index in [-0.39, 0.29) is 12.5 Å². The van der Waals surface area contributed by atoms with Gasteiger partial charge in [-0.05, 0) is 25.1 Å². The highest BCUT2D eigenvalue weighted by Crippen LogP contribution is 2.17. The summed E-state index contributed by atoms with van der Waals surface area (Å²) in [7, 11) is 1.71. The Morgan fingerprint density at radius 3 is 2.65 bits per heavy atom. The molecular weight excluding hydrogens is 290 g/mol. The average molecular weight is 307 g/mol. The molecule has 0 spiro atoms. The highest BCUT2D eigenvalue weighted by atomic mass is 16.5. The maximum Gasteiger partial charge on any atom is 0.254 e. The summed E-state index contributed by atoms with van der Waals surface area (Å²) in [4.78, 5) is 18.2. The van der Waals surface area contributed by atoms with Crippen LogP contribution in [0.25, 0.3) is 11.4 Å². The molecule has 23 heavy (non-hydrogen) atoms. The Morgan fingerprint density at radius 2 is 1.91 bits per heavy atom. The van der Waals surface area contributed by atoms with Gasteiger partial charge in [0.1, 0.15) is 0 Å². The monoisotopic (exact) mass is 307 g/mol. The van der Waals surface area contributed by atoms with Gasteiger partial charge in [-0.2, -0.15) is 4.98 Å². The summed E-state index contributed by atoms with van der Waals surface area (Å²) in [6, 6.07) is 17.0. The van der Waals surface area contributed by atoms with E-state index in [2.05, 4.69) is 10.1 Å². The zero-order valence-electron chi connectivity index (χ0n) is 13.1. The third-order valence-electron chi connectivity index (χ3n) is 3.48. The number of carbonyl (C=O) groups is 1. The van der Waals surface area contributed by atoms with Crippen molar-refractivity contribution < 1.29 is 9.32 Å². The van der Waals surface area contributed by atoms with Crippen LogP contribution in [-0.4, -0.2) is 28.0 Å². The minimum Gasteiger partial charge on any atom is -0.337 e. The standard InChI is InChI=1S/C18H17N3O2/c1-13-7-6-10-15(11-13)17-19-16(23-20-17)12-21(2)18(22)14-8-4-3-5-9-14/h3-11H,12H2,1-2H3. The van der Waals surface area contributed by atoms with Gasteiger partial charge >= 0.3 is 0 Å². The second kappa shape index (κ2) is 6.44. The fourth-order valence-corrected chi connectivity index (χ4v) is 2.30. The van der Waals surface area contributed by atoms with Crippen molar-refractivity contribution >= 4 is 5.91 Å². The quantitative estimate of drug-likeness (QED) is 0.742. The molecule has 0 radical (unpaired) electrons. The van der Waals surface area contributed by atoms with Gasteiger partial charge in [0.2, 0.25) is 11.7 Å². The lowest BCUT2D eigenvalue weighted by Gasteiger charge is -2.14. The van der Waals surface area contributed by atoms with Gasteiger partial charge in [-0.1, -0.05) is 47.1 Å². The third kappa shape index (κ3) is 3.45. The molecule has 1 aromatic heterocycles. The molecule has 5 nitrogen and oxygen atoms in total. The lowest BCUT2D eigenvalue weighted by Crippen LogP contribution is -2.26. The van der Waals surface area contributed by atoms with Crippen LogP contribution < -0.4 is 0 Å². The number of rotatable bonds is 4. The van der Waals surface area contributed by atoms with Crippen molar-refractivity contribution in [3.05, 3.63) is 71.6 Å². The molecule has 0 N–H and O–H groups in total. The minimum absolute atomic E-state index is 0.0825. The first-order valence-electron chi connectivity index (χ1n) is 7.33. The third-order valence-corrected chi connectivity index (χ3v) is 3.48. The molecule has 3 rings (SSSR count). The first-order chi connectivity index (χ1) is 11.1. The van der Waals surface area contributed by atoms with E-state index in [0.717, 1.165) is 11.1 Å². The van der Waals surface area contributed by atoms with Crippen LogP contribution >= 0.6 is 0 Å². The first kappa shape index (κ1) is 15.0. The van der Waals surface area contributed by atoms with Gasteiger partial charge in [0, 0.05) is 18.2 Å². The molecule has 0 saturated carbocycles. The van der Waals surface area contributed by atoms with E-state index in [4.69, 9.17) is 4.52 Å². The van der Waals surface area contributed by atoms with Crippen molar-refractivity contribution in [2.45, 2.75) is 13.5 Å². The molecule has 3 aromatic rings. The fraction of sp³-hybridized carbons (Fsp3) is 0.167. The summed E-state index contributed by atoms with van der Waals surface area (Å²) in [5.41, 5.74) is 2.66. The van der Waals surface area contributed by atoms with Gasteiger partial charge in [0.15, 0.2) is 0 Å². The number of hydrogen-bond acceptors (Lipinski definition) is 4. The van der Waals surface area contributed by atoms with E-state index in [1.807, 2.05) is 49.4 Å². The van der Waals surface area contributed by atoms with E-state index in [0.29, 0.717) is 17.3 Å². The summed E-state index contributed by atoms with van der Waals surface area (Å²) in [5, 5.41) is 3.99. The SMILES string of the molecule is Cc1cccc(-c2noc(CN(C)C(=O)c3ccccc3)n2)c1. The van der Waals surface area contributed by atoms with E-state index >= 15 is 0 Å². The second-order valence-electron chi connectivity index (χ2n) is 5.41. The molecule has 2 aromatic carbocycles. The van der Waals surface area contributed by atoms with Crippen molar-refractivity contribution in [2.75, 3.05) is 7.05 Å². The molecule has 0 aliphatic heterocycles. The number of hydrogen-bond donors (Lipinski definition) is 0. The molecule has 0 aliphatic carbocycles. The van der Waals surface area contributed by atoms with Crippen LogP contribution in [0.4, 0.5) is 0 Å². The van der Waals surface area contributed by atoms with Crippen LogP contribution in [0.3, 0.4) is 0 Å². The second-order valence-corrected chi connectivity index (χ2v) is 5.41. The Hall–Kier alpha value is -2.95. The van der Waals surface area contributed by atoms with Crippen LogP contribution in [0.5, 0.6) is 0 Å². The van der Waals surface area contributed by atoms with Crippen molar-refractivity contribution in [2.24, 2.45) is 0 Å². The Bertz CT molecular complexity index is 812. The van der Waals surface area contributed by atoms with E-state index in [1.54, 1.807) is 24.1 Å². The lowest BCUT2D eigenvalue weighted by atomic mass is 10.1. The predicted molar refractivity (Wildman–Crippen MR) is 86.7 cm³/mol. The van der Waals surface area contributed by atoms with Crippen LogP contribution in [0, 0.1) is 6.92 Å². The van der Waals surface area contributed by atoms with Gasteiger partial charge in [-0.15, -0.1) is 0 Å². The molecule has 0 aliphatic rings. The summed E-state index contributed by atoms with van der Waals surface area (Å²) in [5.74, 6) is 0.860. The Labute approximate surface area is 134 Å². The van der Waals surface area contributed by atoms with Crippen molar-refractivity contribution in [3.63, 3.8) is 0 Å². The molecule has 0 bridgehead atoms. The normalized spacial score (nSPS) is 10.5. The first-order valence-corrected chi connectivity index (χ1v) is 7.33. The van der Waals surface area contributed by atoms with Crippen molar-refractivity contribution in [1.29, 1.82) is 0 Å². The Morgan fingerprint density at radius 1 is 1.13 bits per heavy atom. The molecule has 0 unspecified atom stereocenters. The smallest absolute Gasteiger partial charge is 0.254 e. The highest BCUT2D eigenvalue weighted by molar-refractivity contribution is 5.93. The average Bonchev–Trinajstić information content (AvgIpc) is 3.03. The number of carbonyl (C=O) groups excluding carboxylic acids is 1. The number of aromatic nitrogens is 2. The topological polar surface area (TPSA) is 59.2 Å². The van der Waals surface area contributed by atoms with E-state index in [9.17, 15) is 4.79 Å². The largest absolute Gasteiger partial charge is 0.337 e. The van der Waals surface area contributed by atoms with E-state index < -0.39 is 0 Å². The van der Waals surface area contributed by atoms with Gasteiger partial charge in [0.25, 0.3) is 5.91 Å². The van der Waals surface area contributed by atoms with Crippen LogP contribution in [-0.2, 0) is 6.54 Å². The summed E-state index contributed by atoms with van der Waals surface area (Å²) in [6.45, 7) is 2.28. The lowest BCUT2D eigenvalue weighted by molar-refractivity contribution is 0.0769. The Balaban J connectivity index is 1.73. The zero-order chi connectivity index (χ0) is 16.2. The molecule has 1 heterocycles. The summed E-state index contributed by atoms with van der Waals surface area (Å²) >= 11 is 0. The van der Waals surface area contributed by atoms with Crippen LogP contribution in [0.1, 0.15) is 21.8 Å². The fourth-order valence-electron chi connectivity index (χ4n) is 2.30. The minimum atomic E-state index is -0.0825. The van der Waals surface area contributed by atoms with Crippen molar-refractivity contribution in [1.82, 2.24) is 15.0 Å². The number of amides is 1. The number of nitrogens with zero attached hydrogens (tertiary/aromatic N) is 3. The molecule has 0 saturated heterocycles. The van der Waals surface area contributed by atoms with Gasteiger partial charge in [0.05, 0.1) is 6.54 Å². The van der Waals surface area contributed by atoms with Crippen molar-refractivity contribution in [3.8, 4) is 11.4 Å². The molecule has 0 atom stereocenters. The van der Waals surface area contributed by atoms with Crippen LogP contribution in [0.15, 0.2) is 59.1 Å². The molecule has 116 valence electrons. The maximum atomic E-state index is 12.3. The summed E-state index contributed by atoms with van der Waals surface area (Å²) < 4.78 is 5.26. The maximum absolute atomic E-state index is 12.3. The van der Waals surface area contributed by atoms with Gasteiger partial charge in [-0.25, -0.2) is 0 Å². The Kier molecular flexibility index (Phi) is 4.19. The highest BCUT2D eigenvalue weighted by Gasteiger charge is 2.15. The molecule has 0 fully saturated rings. The summed E-state index contributed by atoms with van der Waals surface area (Å²) in [6.07, 6.45) is 0. The zero-order valence-corrected chi connectivity index (χ0v) is 13.1. The molecule has 5 heteroatoms. The predicted octanol–water partition coefficient (Wildman–Crippen LogP) is 3.32. The number of benzene rings is 2. The number of aryl methyl sites for hydroxylation is 1.